The van der Waals surface area contributed by atoms with Crippen molar-refractivity contribution in [3.8, 4) is 11.4 Å². The molecular formula is C16H17N3O4. The Balaban J connectivity index is 1.55. The van der Waals surface area contributed by atoms with Crippen molar-refractivity contribution in [2.75, 3.05) is 5.32 Å². The van der Waals surface area contributed by atoms with Gasteiger partial charge in [0.25, 0.3) is 0 Å². The van der Waals surface area contributed by atoms with Crippen molar-refractivity contribution < 1.29 is 14.1 Å². The highest BCUT2D eigenvalue weighted by Crippen LogP contribution is 2.48. The Morgan fingerprint density at radius 1 is 1.43 bits per heavy atom. The first kappa shape index (κ1) is 14.2. The molecule has 1 aromatic heterocycles. The molecule has 4 rings (SSSR count). The number of ether oxygens (including phenoxy) is 1. The molecular weight excluding hydrogens is 298 g/mol. The number of anilines is 1. The van der Waals surface area contributed by atoms with Gasteiger partial charge in [0.2, 0.25) is 5.91 Å². The molecule has 2 N–H and O–H groups in total. The molecule has 7 nitrogen and oxygen atoms in total. The molecule has 2 saturated heterocycles. The fourth-order valence-corrected chi connectivity index (χ4v) is 3.54. The van der Waals surface area contributed by atoms with Crippen LogP contribution in [-0.2, 0) is 9.53 Å². The third-order valence-electron chi connectivity index (χ3n) is 4.82. The van der Waals surface area contributed by atoms with Gasteiger partial charge >= 0.3 is 5.76 Å². The number of carbonyl (C=O) groups is 1. The predicted octanol–water partition coefficient (Wildman–Crippen LogP) is 1.93. The van der Waals surface area contributed by atoms with E-state index in [2.05, 4.69) is 20.0 Å². The zero-order chi connectivity index (χ0) is 16.0. The van der Waals surface area contributed by atoms with Crippen molar-refractivity contribution in [3.05, 3.63) is 34.8 Å². The number of nitrogens with zero attached hydrogens (tertiary/aromatic N) is 1. The number of H-pyrrole nitrogens is 1. The van der Waals surface area contributed by atoms with E-state index in [9.17, 15) is 9.59 Å². The van der Waals surface area contributed by atoms with Gasteiger partial charge in [0.1, 0.15) is 0 Å². The lowest BCUT2D eigenvalue weighted by Gasteiger charge is -2.29. The van der Waals surface area contributed by atoms with Gasteiger partial charge in [-0.3, -0.25) is 14.3 Å². The number of rotatable bonds is 3. The van der Waals surface area contributed by atoms with E-state index in [1.54, 1.807) is 24.3 Å². The number of benzene rings is 1. The maximum absolute atomic E-state index is 12.7. The lowest BCUT2D eigenvalue weighted by molar-refractivity contribution is -0.127. The summed E-state index contributed by atoms with van der Waals surface area (Å²) in [4.78, 5) is 26.2. The number of nitrogens with one attached hydrogen (secondary N) is 2. The molecule has 3 atom stereocenters. The molecule has 0 unspecified atom stereocenters. The first-order chi connectivity index (χ1) is 11.0. The van der Waals surface area contributed by atoms with E-state index >= 15 is 0 Å². The fourth-order valence-electron chi connectivity index (χ4n) is 3.54. The summed E-state index contributed by atoms with van der Waals surface area (Å²) < 4.78 is 10.3. The Hall–Kier alpha value is -2.41. The highest BCUT2D eigenvalue weighted by atomic mass is 16.5. The number of hydrogen-bond acceptors (Lipinski definition) is 5. The van der Waals surface area contributed by atoms with Crippen LogP contribution in [0.4, 0.5) is 5.69 Å². The number of aromatic nitrogens is 2. The molecule has 2 fully saturated rings. The molecule has 2 bridgehead atoms. The summed E-state index contributed by atoms with van der Waals surface area (Å²) in [7, 11) is 0. The van der Waals surface area contributed by atoms with Crippen LogP contribution in [0.15, 0.2) is 33.6 Å². The molecule has 120 valence electrons. The molecule has 7 heteroatoms. The van der Waals surface area contributed by atoms with Crippen molar-refractivity contribution in [2.24, 2.45) is 5.41 Å². The number of fused-ring (bicyclic) bond motifs is 2. The van der Waals surface area contributed by atoms with Crippen LogP contribution in [0, 0.1) is 5.41 Å². The minimum absolute atomic E-state index is 0.00239. The predicted molar refractivity (Wildman–Crippen MR) is 81.8 cm³/mol. The van der Waals surface area contributed by atoms with Crippen molar-refractivity contribution >= 4 is 11.6 Å². The van der Waals surface area contributed by atoms with E-state index in [-0.39, 0.29) is 18.1 Å². The summed E-state index contributed by atoms with van der Waals surface area (Å²) in [5.41, 5.74) is 0.838. The van der Waals surface area contributed by atoms with Crippen LogP contribution >= 0.6 is 0 Å². The smallest absolute Gasteiger partial charge is 0.374 e. The van der Waals surface area contributed by atoms with Gasteiger partial charge in [0.15, 0.2) is 5.82 Å². The van der Waals surface area contributed by atoms with Crippen molar-refractivity contribution in [3.63, 3.8) is 0 Å². The topological polar surface area (TPSA) is 97.2 Å². The van der Waals surface area contributed by atoms with Crippen LogP contribution < -0.4 is 11.1 Å². The minimum atomic E-state index is -0.610. The second kappa shape index (κ2) is 5.06. The molecule has 0 aliphatic carbocycles. The van der Waals surface area contributed by atoms with E-state index in [4.69, 9.17) is 4.74 Å². The summed E-state index contributed by atoms with van der Waals surface area (Å²) >= 11 is 0. The molecule has 1 aromatic carbocycles. The zero-order valence-corrected chi connectivity index (χ0v) is 12.7. The van der Waals surface area contributed by atoms with Crippen molar-refractivity contribution in [2.45, 2.75) is 38.4 Å². The summed E-state index contributed by atoms with van der Waals surface area (Å²) in [5, 5.41) is 6.61. The van der Waals surface area contributed by atoms with Gasteiger partial charge in [0.05, 0.1) is 17.6 Å². The van der Waals surface area contributed by atoms with Crippen LogP contribution in [0.3, 0.4) is 0 Å². The SMILES string of the molecule is C[C@@]1(C(=O)Nc2cccc(-c3noc(=O)[nH]3)c2)C[C@H]2CC[C@H]1O2. The van der Waals surface area contributed by atoms with Gasteiger partial charge in [-0.15, -0.1) is 0 Å². The Kier molecular flexibility index (Phi) is 3.12. The number of amides is 1. The number of hydrogen-bond donors (Lipinski definition) is 2. The second-order valence-corrected chi connectivity index (χ2v) is 6.42. The maximum Gasteiger partial charge on any atom is 0.439 e. The molecule has 3 heterocycles. The van der Waals surface area contributed by atoms with E-state index in [0.29, 0.717) is 17.1 Å². The van der Waals surface area contributed by atoms with E-state index in [1.807, 2.05) is 6.92 Å². The average Bonchev–Trinajstić information content (AvgIpc) is 3.23. The molecule has 23 heavy (non-hydrogen) atoms. The van der Waals surface area contributed by atoms with E-state index < -0.39 is 11.2 Å². The van der Waals surface area contributed by atoms with Gasteiger partial charge in [-0.05, 0) is 38.3 Å². The van der Waals surface area contributed by atoms with Crippen LogP contribution in [-0.4, -0.2) is 28.3 Å². The highest BCUT2D eigenvalue weighted by Gasteiger charge is 2.53. The zero-order valence-electron chi connectivity index (χ0n) is 12.7. The summed E-state index contributed by atoms with van der Waals surface area (Å²) in [6, 6.07) is 7.13. The maximum atomic E-state index is 12.7. The lowest BCUT2D eigenvalue weighted by atomic mass is 9.75. The number of carbonyl (C=O) groups excluding carboxylic acids is 1. The van der Waals surface area contributed by atoms with Crippen LogP contribution in [0.1, 0.15) is 26.2 Å². The Morgan fingerprint density at radius 3 is 2.96 bits per heavy atom. The third-order valence-corrected chi connectivity index (χ3v) is 4.82. The molecule has 2 aliphatic heterocycles. The Morgan fingerprint density at radius 2 is 2.30 bits per heavy atom. The van der Waals surface area contributed by atoms with Crippen molar-refractivity contribution in [1.29, 1.82) is 0 Å². The van der Waals surface area contributed by atoms with Crippen LogP contribution in [0.2, 0.25) is 0 Å². The Bertz CT molecular complexity index is 811. The van der Waals surface area contributed by atoms with Gasteiger partial charge in [0, 0.05) is 11.3 Å². The molecule has 0 saturated carbocycles. The monoisotopic (exact) mass is 315 g/mol. The number of aromatic amines is 1. The first-order valence-electron chi connectivity index (χ1n) is 7.68. The third kappa shape index (κ3) is 2.37. The van der Waals surface area contributed by atoms with Crippen LogP contribution in [0.25, 0.3) is 11.4 Å². The summed E-state index contributed by atoms with van der Waals surface area (Å²) in [6.07, 6.45) is 2.96. The quantitative estimate of drug-likeness (QED) is 0.902. The summed E-state index contributed by atoms with van der Waals surface area (Å²) in [6.45, 7) is 1.96. The molecule has 1 amide bonds. The largest absolute Gasteiger partial charge is 0.439 e. The van der Waals surface area contributed by atoms with Gasteiger partial charge in [-0.25, -0.2) is 4.79 Å². The average molecular weight is 315 g/mol. The first-order valence-corrected chi connectivity index (χ1v) is 7.68. The standard InChI is InChI=1S/C16H17N3O4/c1-16(8-11-5-6-12(16)22-11)14(20)17-10-4-2-3-9(7-10)13-18-15(21)23-19-13/h2-4,7,11-12H,5-6,8H2,1H3,(H,17,20)(H,18,19,21)/t11-,12-,16-/m1/s1. The molecule has 0 radical (unpaired) electrons. The molecule has 0 spiro atoms. The van der Waals surface area contributed by atoms with E-state index in [1.165, 1.54) is 0 Å². The van der Waals surface area contributed by atoms with Crippen LogP contribution in [0.5, 0.6) is 0 Å². The summed E-state index contributed by atoms with van der Waals surface area (Å²) in [5.74, 6) is -0.308. The molecule has 2 aliphatic rings. The van der Waals surface area contributed by atoms with Gasteiger partial charge in [-0.1, -0.05) is 17.3 Å². The second-order valence-electron chi connectivity index (χ2n) is 6.42. The Labute approximate surface area is 132 Å². The van der Waals surface area contributed by atoms with Crippen molar-refractivity contribution in [1.82, 2.24) is 10.1 Å². The van der Waals surface area contributed by atoms with E-state index in [0.717, 1.165) is 19.3 Å². The highest BCUT2D eigenvalue weighted by molar-refractivity contribution is 5.96. The molecule has 2 aromatic rings. The van der Waals surface area contributed by atoms with Gasteiger partial charge in [-0.2, -0.15) is 0 Å². The minimum Gasteiger partial charge on any atom is -0.374 e. The fraction of sp³-hybridized carbons (Fsp3) is 0.438. The normalized spacial score (nSPS) is 28.9. The lowest BCUT2D eigenvalue weighted by Crippen LogP contribution is -2.41. The van der Waals surface area contributed by atoms with Gasteiger partial charge < -0.3 is 10.1 Å².